The Labute approximate surface area is 148 Å². The lowest BCUT2D eigenvalue weighted by Crippen LogP contribution is -2.14. The van der Waals surface area contributed by atoms with Gasteiger partial charge in [-0.2, -0.15) is 0 Å². The van der Waals surface area contributed by atoms with Gasteiger partial charge in [-0.25, -0.2) is 0 Å². The monoisotopic (exact) mass is 324 g/mol. The molecule has 2 heteroatoms. The molecule has 0 amide bonds. The van der Waals surface area contributed by atoms with Gasteiger partial charge in [-0.1, -0.05) is 30.4 Å². The van der Waals surface area contributed by atoms with Gasteiger partial charge in [0.2, 0.25) is 0 Å². The molecule has 2 nitrogen and oxygen atoms in total. The normalized spacial score (nSPS) is 13.4. The van der Waals surface area contributed by atoms with E-state index in [4.69, 9.17) is 0 Å². The highest BCUT2D eigenvalue weighted by Gasteiger charge is 2.05. The Hall–Kier alpha value is -2.22. The van der Waals surface area contributed by atoms with Gasteiger partial charge in [0.05, 0.1) is 0 Å². The van der Waals surface area contributed by atoms with E-state index in [1.165, 1.54) is 28.1 Å². The summed E-state index contributed by atoms with van der Waals surface area (Å²) in [4.78, 5) is 0. The van der Waals surface area contributed by atoms with Crippen molar-refractivity contribution in [3.63, 3.8) is 0 Å². The van der Waals surface area contributed by atoms with Crippen molar-refractivity contribution in [3.8, 4) is 0 Å². The summed E-state index contributed by atoms with van der Waals surface area (Å²) in [5.74, 6) is 0. The molecule has 0 fully saturated rings. The first-order chi connectivity index (χ1) is 11.5. The second-order valence-electron chi connectivity index (χ2n) is 6.03. The summed E-state index contributed by atoms with van der Waals surface area (Å²) in [6, 6.07) is 8.44. The van der Waals surface area contributed by atoms with Crippen molar-refractivity contribution in [2.24, 2.45) is 0 Å². The van der Waals surface area contributed by atoms with E-state index < -0.39 is 0 Å². The van der Waals surface area contributed by atoms with E-state index in [9.17, 15) is 0 Å². The van der Waals surface area contributed by atoms with Gasteiger partial charge in [0.15, 0.2) is 0 Å². The number of benzene rings is 1. The highest BCUT2D eigenvalue weighted by molar-refractivity contribution is 5.50. The lowest BCUT2D eigenvalue weighted by Gasteiger charge is -2.15. The third-order valence-electron chi connectivity index (χ3n) is 4.01. The Balaban J connectivity index is 2.83. The third-order valence-corrected chi connectivity index (χ3v) is 4.01. The van der Waals surface area contributed by atoms with Gasteiger partial charge in [0, 0.05) is 30.0 Å². The summed E-state index contributed by atoms with van der Waals surface area (Å²) in [7, 11) is 0. The van der Waals surface area contributed by atoms with Crippen LogP contribution in [0.15, 0.2) is 71.6 Å². The fourth-order valence-electron chi connectivity index (χ4n) is 2.66. The molecule has 2 N–H and O–H groups in total. The molecule has 130 valence electrons. The molecule has 0 aliphatic heterocycles. The first-order valence-corrected chi connectivity index (χ1v) is 8.72. The quantitative estimate of drug-likeness (QED) is 0.423. The summed E-state index contributed by atoms with van der Waals surface area (Å²) < 4.78 is 0. The zero-order valence-corrected chi connectivity index (χ0v) is 15.9. The van der Waals surface area contributed by atoms with Crippen LogP contribution >= 0.6 is 0 Å². The van der Waals surface area contributed by atoms with Gasteiger partial charge < -0.3 is 10.6 Å². The molecule has 0 radical (unpaired) electrons. The van der Waals surface area contributed by atoms with Crippen molar-refractivity contribution in [1.82, 2.24) is 5.32 Å². The molecule has 0 aliphatic carbocycles. The molecule has 0 heterocycles. The zero-order valence-electron chi connectivity index (χ0n) is 15.9. The number of allylic oxidation sites excluding steroid dienone is 6. The fourth-order valence-corrected chi connectivity index (χ4v) is 2.66. The summed E-state index contributed by atoms with van der Waals surface area (Å²) in [6.07, 6.45) is 8.19. The van der Waals surface area contributed by atoms with E-state index in [2.05, 4.69) is 88.2 Å². The molecule has 1 aromatic carbocycles. The van der Waals surface area contributed by atoms with Crippen LogP contribution in [0.5, 0.6) is 0 Å². The molecule has 0 bridgehead atoms. The Bertz CT molecular complexity index is 633. The Morgan fingerprint density at radius 1 is 1.21 bits per heavy atom. The van der Waals surface area contributed by atoms with E-state index in [1.54, 1.807) is 0 Å². The average Bonchev–Trinajstić information content (AvgIpc) is 2.55. The van der Waals surface area contributed by atoms with E-state index in [-0.39, 0.29) is 0 Å². The molecule has 0 atom stereocenters. The van der Waals surface area contributed by atoms with Crippen LogP contribution in [0.1, 0.15) is 46.1 Å². The predicted octanol–water partition coefficient (Wildman–Crippen LogP) is 6.11. The average molecular weight is 325 g/mol. The molecule has 0 spiro atoms. The van der Waals surface area contributed by atoms with Crippen LogP contribution in [0, 0.1) is 6.92 Å². The molecule has 0 saturated carbocycles. The molecule has 24 heavy (non-hydrogen) atoms. The highest BCUT2D eigenvalue weighted by Crippen LogP contribution is 2.21. The van der Waals surface area contributed by atoms with Crippen molar-refractivity contribution in [1.29, 1.82) is 0 Å². The molecule has 1 rings (SSSR count). The van der Waals surface area contributed by atoms with Crippen molar-refractivity contribution >= 4 is 5.69 Å². The van der Waals surface area contributed by atoms with Gasteiger partial charge in [-0.3, -0.25) is 0 Å². The van der Waals surface area contributed by atoms with Crippen LogP contribution < -0.4 is 10.6 Å². The summed E-state index contributed by atoms with van der Waals surface area (Å²) in [6.45, 7) is 15.4. The first kappa shape index (κ1) is 19.8. The molecular formula is C22H32N2. The van der Waals surface area contributed by atoms with Gasteiger partial charge in [-0.15, -0.1) is 6.58 Å². The highest BCUT2D eigenvalue weighted by atomic mass is 14.9. The smallest absolute Gasteiger partial charge is 0.0384 e. The lowest BCUT2D eigenvalue weighted by atomic mass is 10.00. The second kappa shape index (κ2) is 10.5. The SMILES string of the molecule is C=CC/C(NCC)=C(C)\C(=C/C)C/C=C(\C)Nc1cccc(C)c1. The summed E-state index contributed by atoms with van der Waals surface area (Å²) in [5, 5.41) is 6.93. The van der Waals surface area contributed by atoms with Crippen molar-refractivity contribution in [2.75, 3.05) is 11.9 Å². The number of anilines is 1. The maximum Gasteiger partial charge on any atom is 0.0384 e. The number of hydrogen-bond acceptors (Lipinski definition) is 2. The van der Waals surface area contributed by atoms with E-state index in [1.807, 2.05) is 6.08 Å². The molecule has 0 saturated heterocycles. The summed E-state index contributed by atoms with van der Waals surface area (Å²) in [5.41, 5.74) is 7.50. The minimum Gasteiger partial charge on any atom is -0.388 e. The van der Waals surface area contributed by atoms with Crippen LogP contribution in [0.4, 0.5) is 5.69 Å². The van der Waals surface area contributed by atoms with E-state index in [0.29, 0.717) is 0 Å². The largest absolute Gasteiger partial charge is 0.388 e. The Morgan fingerprint density at radius 3 is 2.54 bits per heavy atom. The van der Waals surface area contributed by atoms with Crippen LogP contribution in [-0.2, 0) is 0 Å². The third kappa shape index (κ3) is 6.49. The number of hydrogen-bond donors (Lipinski definition) is 2. The Morgan fingerprint density at radius 2 is 1.96 bits per heavy atom. The molecule has 0 aromatic heterocycles. The molecule has 0 aliphatic rings. The second-order valence-corrected chi connectivity index (χ2v) is 6.03. The van der Waals surface area contributed by atoms with Crippen LogP contribution in [0.3, 0.4) is 0 Å². The zero-order chi connectivity index (χ0) is 17.9. The molecule has 0 unspecified atom stereocenters. The van der Waals surface area contributed by atoms with Crippen molar-refractivity contribution in [2.45, 2.75) is 47.5 Å². The van der Waals surface area contributed by atoms with E-state index >= 15 is 0 Å². The van der Waals surface area contributed by atoms with Gasteiger partial charge in [0.1, 0.15) is 0 Å². The number of rotatable bonds is 9. The van der Waals surface area contributed by atoms with Gasteiger partial charge >= 0.3 is 0 Å². The van der Waals surface area contributed by atoms with Crippen molar-refractivity contribution < 1.29 is 0 Å². The maximum atomic E-state index is 3.86. The van der Waals surface area contributed by atoms with Gasteiger partial charge in [-0.05, 0) is 69.9 Å². The standard InChI is InChI=1S/C22H32N2/c1-7-11-22(23-9-3)19(6)20(8-2)15-14-18(5)24-21-13-10-12-17(4)16-21/h7-8,10,12-14,16,23-24H,1,9,11,15H2,2-6H3/b18-14+,20-8-,22-19+. The van der Waals surface area contributed by atoms with Crippen molar-refractivity contribution in [3.05, 3.63) is 77.2 Å². The minimum absolute atomic E-state index is 0.876. The van der Waals surface area contributed by atoms with Crippen LogP contribution in [0.25, 0.3) is 0 Å². The molecular weight excluding hydrogens is 292 g/mol. The lowest BCUT2D eigenvalue weighted by molar-refractivity contribution is 0.811. The fraction of sp³-hybridized carbons (Fsp3) is 0.364. The Kier molecular flexibility index (Phi) is 8.70. The van der Waals surface area contributed by atoms with E-state index in [0.717, 1.165) is 25.1 Å². The predicted molar refractivity (Wildman–Crippen MR) is 108 cm³/mol. The minimum atomic E-state index is 0.876. The number of aryl methyl sites for hydroxylation is 1. The number of nitrogens with one attached hydrogen (secondary N) is 2. The van der Waals surface area contributed by atoms with Crippen LogP contribution in [-0.4, -0.2) is 6.54 Å². The maximum absolute atomic E-state index is 3.86. The topological polar surface area (TPSA) is 24.1 Å². The van der Waals surface area contributed by atoms with Gasteiger partial charge in [0.25, 0.3) is 0 Å². The van der Waals surface area contributed by atoms with Crippen LogP contribution in [0.2, 0.25) is 0 Å². The molecule has 1 aromatic rings. The first-order valence-electron chi connectivity index (χ1n) is 8.72. The summed E-state index contributed by atoms with van der Waals surface area (Å²) >= 11 is 0.